The third kappa shape index (κ3) is 7.16. The van der Waals surface area contributed by atoms with Crippen LogP contribution < -0.4 is 0 Å². The van der Waals surface area contributed by atoms with E-state index in [2.05, 4.69) is 107 Å². The zero-order valence-electron chi connectivity index (χ0n) is 33.4. The molecule has 10 aromatic rings. The predicted octanol–water partition coefficient (Wildman–Crippen LogP) is 13.8. The molecular formula is C52H28N8S4. The smallest absolute Gasteiger partial charge is 0.206 e. The molecule has 0 unspecified atom stereocenters. The zero-order chi connectivity index (χ0) is 43.0. The molecule has 0 bridgehead atoms. The maximum Gasteiger partial charge on any atom is 0.206 e. The molecule has 0 radical (unpaired) electrons. The highest BCUT2D eigenvalue weighted by atomic mass is 32.1. The number of thiophene rings is 4. The first kappa shape index (κ1) is 39.0. The van der Waals surface area contributed by atoms with Gasteiger partial charge in [-0.15, -0.1) is 45.3 Å². The second-order valence-corrected chi connectivity index (χ2v) is 18.8. The molecule has 0 amide bonds. The van der Waals surface area contributed by atoms with Crippen molar-refractivity contribution in [2.24, 2.45) is 9.98 Å². The molecule has 64 heavy (non-hydrogen) atoms. The highest BCUT2D eigenvalue weighted by Gasteiger charge is 2.37. The molecule has 0 spiro atoms. The van der Waals surface area contributed by atoms with Gasteiger partial charge in [-0.2, -0.15) is 20.5 Å². The summed E-state index contributed by atoms with van der Waals surface area (Å²) in [4.78, 5) is 38.1. The molecule has 0 fully saturated rings. The van der Waals surface area contributed by atoms with E-state index in [0.29, 0.717) is 45.6 Å². The fourth-order valence-electron chi connectivity index (χ4n) is 7.65. The highest BCUT2D eigenvalue weighted by molar-refractivity contribution is 7.20. The van der Waals surface area contributed by atoms with Crippen molar-refractivity contribution >= 4 is 56.8 Å². The fraction of sp³-hybridized carbons (Fsp3) is 0. The van der Waals surface area contributed by atoms with E-state index in [-0.39, 0.29) is 11.4 Å². The summed E-state index contributed by atoms with van der Waals surface area (Å²) in [5.41, 5.74) is 8.38. The molecule has 0 N–H and O–H groups in total. The Morgan fingerprint density at radius 2 is 0.500 bits per heavy atom. The van der Waals surface area contributed by atoms with Crippen molar-refractivity contribution in [3.8, 4) is 96.4 Å². The molecule has 6 heterocycles. The van der Waals surface area contributed by atoms with Gasteiger partial charge in [-0.1, -0.05) is 121 Å². The van der Waals surface area contributed by atoms with Crippen LogP contribution >= 0.6 is 45.3 Å². The Kier molecular flexibility index (Phi) is 10.2. The van der Waals surface area contributed by atoms with Crippen molar-refractivity contribution in [1.29, 1.82) is 10.5 Å². The lowest BCUT2D eigenvalue weighted by Crippen LogP contribution is -2.28. The minimum absolute atomic E-state index is 0.206. The topological polar surface area (TPSA) is 124 Å². The van der Waals surface area contributed by atoms with Crippen LogP contribution in [0.5, 0.6) is 0 Å². The van der Waals surface area contributed by atoms with Crippen LogP contribution in [0, 0.1) is 22.9 Å². The summed E-state index contributed by atoms with van der Waals surface area (Å²) < 4.78 is 0. The van der Waals surface area contributed by atoms with Crippen molar-refractivity contribution in [3.05, 3.63) is 193 Å². The summed E-state index contributed by atoms with van der Waals surface area (Å²) in [5, 5.41) is 20.7. The van der Waals surface area contributed by atoms with Gasteiger partial charge in [0.15, 0.2) is 0 Å². The lowest BCUT2D eigenvalue weighted by molar-refractivity contribution is 1.10. The van der Waals surface area contributed by atoms with Gasteiger partial charge < -0.3 is 0 Å². The van der Waals surface area contributed by atoms with Gasteiger partial charge in [-0.25, -0.2) is 19.9 Å². The van der Waals surface area contributed by atoms with Gasteiger partial charge in [0.25, 0.3) is 0 Å². The predicted molar refractivity (Wildman–Crippen MR) is 262 cm³/mol. The maximum absolute atomic E-state index is 10.3. The van der Waals surface area contributed by atoms with E-state index in [1.807, 2.05) is 85.2 Å². The molecule has 0 aliphatic heterocycles. The average molecular weight is 893 g/mol. The molecule has 0 saturated carbocycles. The zero-order valence-corrected chi connectivity index (χ0v) is 36.6. The number of hydrogen-bond acceptors (Lipinski definition) is 12. The van der Waals surface area contributed by atoms with E-state index in [9.17, 15) is 10.5 Å². The summed E-state index contributed by atoms with van der Waals surface area (Å²) in [6, 6.07) is 57.4. The fourth-order valence-corrected chi connectivity index (χ4v) is 11.7. The summed E-state index contributed by atoms with van der Waals surface area (Å²) in [6.07, 6.45) is 4.06. The van der Waals surface area contributed by atoms with Crippen LogP contribution in [0.15, 0.2) is 180 Å². The average Bonchev–Trinajstić information content (AvgIpc) is 4.21. The van der Waals surface area contributed by atoms with Crippen molar-refractivity contribution in [2.75, 3.05) is 0 Å². The minimum Gasteiger partial charge on any atom is -0.240 e. The molecule has 300 valence electrons. The summed E-state index contributed by atoms with van der Waals surface area (Å²) in [7, 11) is 0. The Hall–Kier alpha value is -7.84. The van der Waals surface area contributed by atoms with Gasteiger partial charge >= 0.3 is 0 Å². The second kappa shape index (κ2) is 16.8. The minimum atomic E-state index is 0.206. The van der Waals surface area contributed by atoms with E-state index in [4.69, 9.17) is 19.9 Å². The van der Waals surface area contributed by atoms with Gasteiger partial charge in [-0.3, -0.25) is 0 Å². The molecule has 8 nitrogen and oxygen atoms in total. The normalized spacial score (nSPS) is 11.7. The molecule has 12 heteroatoms. The Morgan fingerprint density at radius 1 is 0.281 bits per heavy atom. The Balaban J connectivity index is 1.14. The lowest BCUT2D eigenvalue weighted by Gasteiger charge is -2.22. The van der Waals surface area contributed by atoms with E-state index >= 15 is 0 Å². The Bertz CT molecular complexity index is 3070. The number of aliphatic imine (C=N–C) groups is 2. The first-order chi connectivity index (χ1) is 31.6. The third-order valence-electron chi connectivity index (χ3n) is 10.6. The number of benzene rings is 4. The van der Waals surface area contributed by atoms with Crippen molar-refractivity contribution in [3.63, 3.8) is 0 Å². The van der Waals surface area contributed by atoms with Gasteiger partial charge in [-0.05, 0) is 70.8 Å². The van der Waals surface area contributed by atoms with Crippen LogP contribution in [-0.2, 0) is 0 Å². The standard InChI is InChI=1S/C52H28N8S4/c53-29-55-47-49-50(58-44(40-26-22-36(62-40)32-15-7-2-8-16-32)43(57-49)39-25-21-35(61-39)31-13-5-1-6-14-31)48(56-30-54)52-51(47)59-45(41-27-23-37(63-41)33-17-9-3-10-18-33)46(60-52)42-28-24-38(64-42)34-19-11-4-12-20-34/h1-28H. The lowest BCUT2D eigenvalue weighted by atomic mass is 9.94. The summed E-state index contributed by atoms with van der Waals surface area (Å²) in [6.45, 7) is 0. The monoisotopic (exact) mass is 892 g/mol. The van der Waals surface area contributed by atoms with Gasteiger partial charge in [0.1, 0.15) is 57.0 Å². The molecule has 0 saturated heterocycles. The highest BCUT2D eigenvalue weighted by Crippen LogP contribution is 2.45. The van der Waals surface area contributed by atoms with Gasteiger partial charge in [0.05, 0.1) is 19.5 Å². The van der Waals surface area contributed by atoms with Gasteiger partial charge in [0, 0.05) is 19.5 Å². The SMILES string of the molecule is N#CN=C1c2nc(-c3ccc(-c4ccccc4)s3)c(-c3ccc(-c4ccccc4)s3)nc2C(=NC#N)c2nc(-c3ccc(-c4ccccc4)s3)c(-c3ccc(-c4ccccc4)s3)nc21. The van der Waals surface area contributed by atoms with E-state index in [1.54, 1.807) is 45.3 Å². The number of aromatic nitrogens is 4. The molecule has 6 aromatic heterocycles. The molecule has 11 rings (SSSR count). The van der Waals surface area contributed by atoms with E-state index < -0.39 is 0 Å². The van der Waals surface area contributed by atoms with Crippen LogP contribution in [0.3, 0.4) is 0 Å². The van der Waals surface area contributed by atoms with Crippen molar-refractivity contribution < 1.29 is 0 Å². The number of hydrogen-bond donors (Lipinski definition) is 0. The Labute approximate surface area is 383 Å². The van der Waals surface area contributed by atoms with Crippen LogP contribution in [-0.4, -0.2) is 31.4 Å². The van der Waals surface area contributed by atoms with Crippen LogP contribution in [0.2, 0.25) is 0 Å². The van der Waals surface area contributed by atoms with Crippen LogP contribution in [0.25, 0.3) is 84.0 Å². The van der Waals surface area contributed by atoms with Crippen molar-refractivity contribution in [2.45, 2.75) is 0 Å². The van der Waals surface area contributed by atoms with Crippen LogP contribution in [0.1, 0.15) is 22.8 Å². The quantitative estimate of drug-likeness (QED) is 0.140. The maximum atomic E-state index is 10.3. The number of fused-ring (bicyclic) bond motifs is 2. The molecule has 4 aromatic carbocycles. The molecule has 0 atom stereocenters. The molecule has 1 aliphatic rings. The largest absolute Gasteiger partial charge is 0.240 e. The first-order valence-corrected chi connectivity index (χ1v) is 23.3. The van der Waals surface area contributed by atoms with Gasteiger partial charge in [0.2, 0.25) is 12.4 Å². The second-order valence-electron chi connectivity index (χ2n) is 14.5. The van der Waals surface area contributed by atoms with Crippen LogP contribution in [0.4, 0.5) is 0 Å². The van der Waals surface area contributed by atoms with Crippen molar-refractivity contribution in [1.82, 2.24) is 19.9 Å². The molecule has 1 aliphatic carbocycles. The number of rotatable bonds is 8. The number of nitrogens with zero attached hydrogens (tertiary/aromatic N) is 8. The molecular weight excluding hydrogens is 865 g/mol. The third-order valence-corrected chi connectivity index (χ3v) is 15.2. The number of nitriles is 2. The first-order valence-electron chi connectivity index (χ1n) is 20.0. The summed E-state index contributed by atoms with van der Waals surface area (Å²) >= 11 is 6.41. The summed E-state index contributed by atoms with van der Waals surface area (Å²) in [5.74, 6) is 0. The van der Waals surface area contributed by atoms with E-state index in [0.717, 1.165) is 61.3 Å². The Morgan fingerprint density at radius 3 is 0.719 bits per heavy atom. The van der Waals surface area contributed by atoms with E-state index in [1.165, 1.54) is 0 Å².